The molecule has 0 unspecified atom stereocenters. The molecule has 0 radical (unpaired) electrons. The Hall–Kier alpha value is -2.04. The van der Waals surface area contributed by atoms with Gasteiger partial charge in [0, 0.05) is 6.54 Å². The standard InChI is InChI=1S/C16H21NO4/c1-11-5-3-6-12(2)15(11)21-10-8-14(18)17-9-4-7-13(17)16(19)20/h3,5-6,13H,4,7-10H2,1-2H3,(H,19,20)/t13-/m0/s1. The number of carboxylic acid groups (broad SMARTS) is 1. The molecule has 0 saturated carbocycles. The molecular formula is C16H21NO4. The van der Waals surface area contributed by atoms with Crippen molar-refractivity contribution in [1.29, 1.82) is 0 Å². The molecule has 5 nitrogen and oxygen atoms in total. The van der Waals surface area contributed by atoms with Gasteiger partial charge in [0.05, 0.1) is 13.0 Å². The first kappa shape index (κ1) is 15.4. The molecule has 1 aromatic carbocycles. The molecule has 0 spiro atoms. The molecule has 1 aliphatic heterocycles. The van der Waals surface area contributed by atoms with Crippen LogP contribution in [-0.4, -0.2) is 41.1 Å². The SMILES string of the molecule is Cc1cccc(C)c1OCCC(=O)N1CCC[C@H]1C(=O)O. The van der Waals surface area contributed by atoms with Gasteiger partial charge in [0.15, 0.2) is 0 Å². The molecule has 5 heteroatoms. The number of likely N-dealkylation sites (tertiary alicyclic amines) is 1. The van der Waals surface area contributed by atoms with Crippen molar-refractivity contribution in [2.45, 2.75) is 39.2 Å². The maximum absolute atomic E-state index is 12.1. The van der Waals surface area contributed by atoms with Gasteiger partial charge in [0.25, 0.3) is 0 Å². The summed E-state index contributed by atoms with van der Waals surface area (Å²) < 4.78 is 5.70. The minimum Gasteiger partial charge on any atom is -0.493 e. The fraction of sp³-hybridized carbons (Fsp3) is 0.500. The van der Waals surface area contributed by atoms with Crippen LogP contribution >= 0.6 is 0 Å². The van der Waals surface area contributed by atoms with Crippen LogP contribution in [0.25, 0.3) is 0 Å². The van der Waals surface area contributed by atoms with Gasteiger partial charge in [-0.15, -0.1) is 0 Å². The van der Waals surface area contributed by atoms with Crippen molar-refractivity contribution >= 4 is 11.9 Å². The average Bonchev–Trinajstić information content (AvgIpc) is 2.91. The van der Waals surface area contributed by atoms with Crippen LogP contribution in [-0.2, 0) is 9.59 Å². The number of hydrogen-bond donors (Lipinski definition) is 1. The van der Waals surface area contributed by atoms with E-state index in [0.29, 0.717) is 13.0 Å². The summed E-state index contributed by atoms with van der Waals surface area (Å²) >= 11 is 0. The first-order valence-electron chi connectivity index (χ1n) is 7.22. The van der Waals surface area contributed by atoms with Gasteiger partial charge >= 0.3 is 5.97 Å². The van der Waals surface area contributed by atoms with Crippen LogP contribution < -0.4 is 4.74 Å². The van der Waals surface area contributed by atoms with Gasteiger partial charge in [0.1, 0.15) is 11.8 Å². The zero-order valence-corrected chi connectivity index (χ0v) is 12.5. The number of rotatable bonds is 5. The highest BCUT2D eigenvalue weighted by Gasteiger charge is 2.33. The molecule has 1 heterocycles. The maximum Gasteiger partial charge on any atom is 0.326 e. The molecule has 1 amide bonds. The van der Waals surface area contributed by atoms with E-state index in [2.05, 4.69) is 0 Å². The minimum atomic E-state index is -0.920. The van der Waals surface area contributed by atoms with Crippen molar-refractivity contribution < 1.29 is 19.4 Å². The molecule has 1 aromatic rings. The number of para-hydroxylation sites is 1. The van der Waals surface area contributed by atoms with E-state index in [1.54, 1.807) is 0 Å². The summed E-state index contributed by atoms with van der Waals surface area (Å²) in [6, 6.07) is 5.22. The number of aryl methyl sites for hydroxylation is 2. The van der Waals surface area contributed by atoms with Crippen molar-refractivity contribution in [3.63, 3.8) is 0 Å². The summed E-state index contributed by atoms with van der Waals surface area (Å²) in [6.45, 7) is 4.72. The van der Waals surface area contributed by atoms with E-state index in [1.165, 1.54) is 4.90 Å². The Balaban J connectivity index is 1.89. The van der Waals surface area contributed by atoms with Crippen molar-refractivity contribution in [3.05, 3.63) is 29.3 Å². The van der Waals surface area contributed by atoms with Crippen molar-refractivity contribution in [2.24, 2.45) is 0 Å². The van der Waals surface area contributed by atoms with E-state index in [-0.39, 0.29) is 18.9 Å². The number of aliphatic carboxylic acids is 1. The summed E-state index contributed by atoms with van der Waals surface area (Å²) in [5, 5.41) is 9.08. The quantitative estimate of drug-likeness (QED) is 0.902. The van der Waals surface area contributed by atoms with Gasteiger partial charge in [-0.05, 0) is 37.8 Å². The first-order chi connectivity index (χ1) is 10.0. The number of carbonyl (C=O) groups excluding carboxylic acids is 1. The topological polar surface area (TPSA) is 66.8 Å². The van der Waals surface area contributed by atoms with Gasteiger partial charge in [-0.3, -0.25) is 4.79 Å². The average molecular weight is 291 g/mol. The smallest absolute Gasteiger partial charge is 0.326 e. The number of ether oxygens (including phenoxy) is 1. The monoisotopic (exact) mass is 291 g/mol. The van der Waals surface area contributed by atoms with Crippen LogP contribution in [0.5, 0.6) is 5.75 Å². The lowest BCUT2D eigenvalue weighted by molar-refractivity contribution is -0.148. The molecule has 1 aliphatic rings. The Morgan fingerprint density at radius 2 is 2.00 bits per heavy atom. The highest BCUT2D eigenvalue weighted by Crippen LogP contribution is 2.23. The second-order valence-corrected chi connectivity index (χ2v) is 5.40. The van der Waals surface area contributed by atoms with Crippen LogP contribution in [0.4, 0.5) is 0 Å². The lowest BCUT2D eigenvalue weighted by atomic mass is 10.1. The fourth-order valence-corrected chi connectivity index (χ4v) is 2.73. The number of amides is 1. The zero-order valence-electron chi connectivity index (χ0n) is 12.5. The Kier molecular flexibility index (Phi) is 4.83. The molecule has 1 atom stereocenters. The maximum atomic E-state index is 12.1. The molecule has 1 saturated heterocycles. The predicted molar refractivity (Wildman–Crippen MR) is 78.4 cm³/mol. The number of hydrogen-bond acceptors (Lipinski definition) is 3. The Morgan fingerprint density at radius 3 is 2.62 bits per heavy atom. The molecule has 2 rings (SSSR count). The lowest BCUT2D eigenvalue weighted by Crippen LogP contribution is -2.40. The largest absolute Gasteiger partial charge is 0.493 e. The first-order valence-corrected chi connectivity index (χ1v) is 7.22. The van der Waals surface area contributed by atoms with Gasteiger partial charge < -0.3 is 14.7 Å². The second kappa shape index (κ2) is 6.61. The zero-order chi connectivity index (χ0) is 15.4. The van der Waals surface area contributed by atoms with Crippen LogP contribution in [0, 0.1) is 13.8 Å². The van der Waals surface area contributed by atoms with Crippen LogP contribution in [0.2, 0.25) is 0 Å². The fourth-order valence-electron chi connectivity index (χ4n) is 2.73. The highest BCUT2D eigenvalue weighted by molar-refractivity contribution is 5.84. The third-order valence-electron chi connectivity index (χ3n) is 3.83. The summed E-state index contributed by atoms with van der Waals surface area (Å²) in [4.78, 5) is 24.6. The van der Waals surface area contributed by atoms with E-state index < -0.39 is 12.0 Å². The minimum absolute atomic E-state index is 0.147. The molecule has 1 N–H and O–H groups in total. The Labute approximate surface area is 124 Å². The third kappa shape index (κ3) is 3.54. The van der Waals surface area contributed by atoms with Gasteiger partial charge in [-0.2, -0.15) is 0 Å². The van der Waals surface area contributed by atoms with Crippen molar-refractivity contribution in [2.75, 3.05) is 13.2 Å². The third-order valence-corrected chi connectivity index (χ3v) is 3.83. The molecule has 0 aliphatic carbocycles. The molecule has 114 valence electrons. The van der Waals surface area contributed by atoms with Crippen LogP contribution in [0.15, 0.2) is 18.2 Å². The number of carboxylic acids is 1. The molecular weight excluding hydrogens is 270 g/mol. The van der Waals surface area contributed by atoms with Crippen LogP contribution in [0.1, 0.15) is 30.4 Å². The predicted octanol–water partition coefficient (Wildman–Crippen LogP) is 2.15. The van der Waals surface area contributed by atoms with E-state index in [1.807, 2.05) is 32.0 Å². The highest BCUT2D eigenvalue weighted by atomic mass is 16.5. The van der Waals surface area contributed by atoms with E-state index in [0.717, 1.165) is 23.3 Å². The molecule has 0 bridgehead atoms. The lowest BCUT2D eigenvalue weighted by Gasteiger charge is -2.21. The number of benzene rings is 1. The molecule has 0 aromatic heterocycles. The van der Waals surface area contributed by atoms with Crippen molar-refractivity contribution in [3.8, 4) is 5.75 Å². The molecule has 1 fully saturated rings. The van der Waals surface area contributed by atoms with E-state index in [9.17, 15) is 9.59 Å². The van der Waals surface area contributed by atoms with Crippen molar-refractivity contribution in [1.82, 2.24) is 4.90 Å². The van der Waals surface area contributed by atoms with Crippen LogP contribution in [0.3, 0.4) is 0 Å². The van der Waals surface area contributed by atoms with Gasteiger partial charge in [-0.25, -0.2) is 4.79 Å². The summed E-state index contributed by atoms with van der Waals surface area (Å²) in [6.07, 6.45) is 1.50. The molecule has 21 heavy (non-hydrogen) atoms. The number of carbonyl (C=O) groups is 2. The normalized spacial score (nSPS) is 17.8. The Morgan fingerprint density at radius 1 is 1.33 bits per heavy atom. The van der Waals surface area contributed by atoms with E-state index >= 15 is 0 Å². The van der Waals surface area contributed by atoms with Gasteiger partial charge in [0.2, 0.25) is 5.91 Å². The number of nitrogens with zero attached hydrogens (tertiary/aromatic N) is 1. The van der Waals surface area contributed by atoms with E-state index in [4.69, 9.17) is 9.84 Å². The summed E-state index contributed by atoms with van der Waals surface area (Å²) in [5.41, 5.74) is 2.07. The summed E-state index contributed by atoms with van der Waals surface area (Å²) in [7, 11) is 0. The Bertz CT molecular complexity index is 521. The summed E-state index contributed by atoms with van der Waals surface area (Å²) in [5.74, 6) is -0.260. The van der Waals surface area contributed by atoms with Gasteiger partial charge in [-0.1, -0.05) is 18.2 Å². The second-order valence-electron chi connectivity index (χ2n) is 5.40.